The Morgan fingerprint density at radius 1 is 1.33 bits per heavy atom. The quantitative estimate of drug-likeness (QED) is 0.806. The molecule has 3 heterocycles. The van der Waals surface area contributed by atoms with Gasteiger partial charge in [0.15, 0.2) is 17.7 Å². The highest BCUT2D eigenvalue weighted by Gasteiger charge is 2.43. The minimum absolute atomic E-state index is 0.0530. The van der Waals surface area contributed by atoms with Crippen LogP contribution in [0.15, 0.2) is 29.2 Å². The summed E-state index contributed by atoms with van der Waals surface area (Å²) in [6, 6.07) is 2.83. The van der Waals surface area contributed by atoms with Crippen LogP contribution in [0.4, 0.5) is 8.78 Å². The first kappa shape index (κ1) is 20.0. The summed E-state index contributed by atoms with van der Waals surface area (Å²) in [6.07, 6.45) is 0.773. The van der Waals surface area contributed by atoms with Crippen LogP contribution in [0, 0.1) is 11.6 Å². The first-order valence-corrected chi connectivity index (χ1v) is 9.29. The molecule has 0 aliphatic carbocycles. The lowest BCUT2D eigenvalue weighted by molar-refractivity contribution is 0.00621. The second-order valence-corrected chi connectivity index (χ2v) is 7.17. The molecule has 10 heteroatoms. The molecule has 0 radical (unpaired) electrons. The Kier molecular flexibility index (Phi) is 5.02. The van der Waals surface area contributed by atoms with Crippen molar-refractivity contribution in [3.8, 4) is 5.75 Å². The first-order valence-electron chi connectivity index (χ1n) is 9.29. The van der Waals surface area contributed by atoms with Crippen LogP contribution in [0.1, 0.15) is 33.3 Å². The number of aromatic nitrogens is 1. The molecule has 0 bridgehead atoms. The number of pyridine rings is 1. The Hall–Kier alpha value is -3.27. The molecule has 2 aromatic rings. The minimum Gasteiger partial charge on any atom is -0.491 e. The van der Waals surface area contributed by atoms with E-state index in [-0.39, 0.29) is 41.7 Å². The maximum absolute atomic E-state index is 13.8. The SMILES string of the molecule is COc1c2n(cc(C(=O)NCc3ccc(F)cc3F)c1=O)CC1OC[C@@H](C)N1C2=O. The van der Waals surface area contributed by atoms with E-state index in [0.29, 0.717) is 12.7 Å². The second kappa shape index (κ2) is 7.52. The summed E-state index contributed by atoms with van der Waals surface area (Å²) in [5, 5.41) is 2.44. The van der Waals surface area contributed by atoms with Gasteiger partial charge >= 0.3 is 0 Å². The number of methoxy groups -OCH3 is 1. The van der Waals surface area contributed by atoms with E-state index < -0.39 is 35.1 Å². The third-order valence-corrected chi connectivity index (χ3v) is 5.25. The predicted octanol–water partition coefficient (Wildman–Crippen LogP) is 1.27. The third-order valence-electron chi connectivity index (χ3n) is 5.25. The van der Waals surface area contributed by atoms with E-state index in [9.17, 15) is 23.2 Å². The van der Waals surface area contributed by atoms with Crippen molar-refractivity contribution in [2.45, 2.75) is 32.3 Å². The average molecular weight is 419 g/mol. The molecule has 4 rings (SSSR count). The number of amides is 2. The van der Waals surface area contributed by atoms with E-state index in [4.69, 9.17) is 9.47 Å². The molecule has 2 aliphatic rings. The maximum Gasteiger partial charge on any atom is 0.276 e. The van der Waals surface area contributed by atoms with Crippen molar-refractivity contribution in [1.29, 1.82) is 0 Å². The van der Waals surface area contributed by atoms with Gasteiger partial charge in [-0.2, -0.15) is 0 Å². The Balaban J connectivity index is 1.66. The van der Waals surface area contributed by atoms with Gasteiger partial charge in [0, 0.05) is 24.4 Å². The van der Waals surface area contributed by atoms with Gasteiger partial charge in [0.2, 0.25) is 5.43 Å². The van der Waals surface area contributed by atoms with Gasteiger partial charge in [-0.1, -0.05) is 6.07 Å². The molecule has 1 aromatic carbocycles. The Morgan fingerprint density at radius 2 is 2.10 bits per heavy atom. The maximum atomic E-state index is 13.8. The van der Waals surface area contributed by atoms with Crippen molar-refractivity contribution in [1.82, 2.24) is 14.8 Å². The summed E-state index contributed by atoms with van der Waals surface area (Å²) in [5.74, 6) is -2.97. The van der Waals surface area contributed by atoms with Gasteiger partial charge in [0.25, 0.3) is 11.8 Å². The number of hydrogen-bond donors (Lipinski definition) is 1. The van der Waals surface area contributed by atoms with Gasteiger partial charge in [-0.3, -0.25) is 14.4 Å². The molecule has 158 valence electrons. The van der Waals surface area contributed by atoms with Gasteiger partial charge in [0.05, 0.1) is 26.3 Å². The lowest BCUT2D eigenvalue weighted by atomic mass is 10.1. The second-order valence-electron chi connectivity index (χ2n) is 7.17. The van der Waals surface area contributed by atoms with Crippen molar-refractivity contribution in [2.24, 2.45) is 0 Å². The molecule has 2 amide bonds. The Labute approximate surface area is 170 Å². The number of nitrogens with zero attached hydrogens (tertiary/aromatic N) is 2. The van der Waals surface area contributed by atoms with Crippen LogP contribution in [-0.4, -0.2) is 47.3 Å². The van der Waals surface area contributed by atoms with Crippen LogP contribution < -0.4 is 15.5 Å². The summed E-state index contributed by atoms with van der Waals surface area (Å²) < 4.78 is 39.1. The normalized spacial score (nSPS) is 20.0. The molecule has 1 fully saturated rings. The van der Waals surface area contributed by atoms with E-state index in [0.717, 1.165) is 6.07 Å². The number of carbonyl (C=O) groups is 2. The molecule has 0 saturated carbocycles. The molecule has 1 saturated heterocycles. The van der Waals surface area contributed by atoms with Gasteiger partial charge in [-0.25, -0.2) is 8.78 Å². The van der Waals surface area contributed by atoms with E-state index in [2.05, 4.69) is 5.32 Å². The van der Waals surface area contributed by atoms with Gasteiger partial charge in [0.1, 0.15) is 17.2 Å². The molecule has 8 nitrogen and oxygen atoms in total. The predicted molar refractivity (Wildman–Crippen MR) is 100 cm³/mol. The first-order chi connectivity index (χ1) is 14.3. The molecule has 1 aromatic heterocycles. The smallest absolute Gasteiger partial charge is 0.276 e. The number of fused-ring (bicyclic) bond motifs is 2. The number of carbonyl (C=O) groups excluding carboxylic acids is 2. The van der Waals surface area contributed by atoms with Gasteiger partial charge < -0.3 is 24.3 Å². The lowest BCUT2D eigenvalue weighted by Crippen LogP contribution is -2.49. The summed E-state index contributed by atoms with van der Waals surface area (Å²) in [4.78, 5) is 39.9. The number of halogens is 2. The van der Waals surface area contributed by atoms with Crippen LogP contribution in [0.3, 0.4) is 0 Å². The lowest BCUT2D eigenvalue weighted by Gasteiger charge is -2.34. The molecule has 30 heavy (non-hydrogen) atoms. The Bertz CT molecular complexity index is 1100. The summed E-state index contributed by atoms with van der Waals surface area (Å²) >= 11 is 0. The highest BCUT2D eigenvalue weighted by molar-refractivity contribution is 5.99. The molecular formula is C20H19F2N3O5. The monoisotopic (exact) mass is 419 g/mol. The number of rotatable bonds is 4. The molecule has 1 unspecified atom stereocenters. The van der Waals surface area contributed by atoms with Crippen molar-refractivity contribution < 1.29 is 27.8 Å². The molecule has 1 N–H and O–H groups in total. The minimum atomic E-state index is -0.812. The van der Waals surface area contributed by atoms with Crippen LogP contribution in [0.2, 0.25) is 0 Å². The van der Waals surface area contributed by atoms with Gasteiger partial charge in [-0.15, -0.1) is 0 Å². The van der Waals surface area contributed by atoms with Crippen molar-refractivity contribution in [2.75, 3.05) is 13.7 Å². The third kappa shape index (κ3) is 3.22. The zero-order valence-corrected chi connectivity index (χ0v) is 16.3. The summed E-state index contributed by atoms with van der Waals surface area (Å²) in [7, 11) is 1.25. The van der Waals surface area contributed by atoms with Crippen LogP contribution in [-0.2, 0) is 17.8 Å². The van der Waals surface area contributed by atoms with Crippen LogP contribution >= 0.6 is 0 Å². The van der Waals surface area contributed by atoms with Crippen molar-refractivity contribution in [3.63, 3.8) is 0 Å². The number of benzene rings is 1. The van der Waals surface area contributed by atoms with E-state index >= 15 is 0 Å². The topological polar surface area (TPSA) is 89.9 Å². The summed E-state index contributed by atoms with van der Waals surface area (Å²) in [6.45, 7) is 2.20. The molecule has 0 spiro atoms. The fraction of sp³-hybridized carbons (Fsp3) is 0.350. The van der Waals surface area contributed by atoms with Crippen LogP contribution in [0.25, 0.3) is 0 Å². The number of hydrogen-bond acceptors (Lipinski definition) is 5. The summed E-state index contributed by atoms with van der Waals surface area (Å²) in [5.41, 5.74) is -0.892. The van der Waals surface area contributed by atoms with E-state index in [1.165, 1.54) is 23.9 Å². The number of nitrogens with one attached hydrogen (secondary N) is 1. The fourth-order valence-corrected chi connectivity index (χ4v) is 3.75. The molecular weight excluding hydrogens is 400 g/mol. The molecule has 2 aliphatic heterocycles. The highest BCUT2D eigenvalue weighted by atomic mass is 19.1. The fourth-order valence-electron chi connectivity index (χ4n) is 3.75. The average Bonchev–Trinajstić information content (AvgIpc) is 3.08. The van der Waals surface area contributed by atoms with E-state index in [1.54, 1.807) is 4.90 Å². The van der Waals surface area contributed by atoms with Crippen molar-refractivity contribution in [3.05, 3.63) is 63.1 Å². The molecule has 2 atom stereocenters. The zero-order valence-electron chi connectivity index (χ0n) is 16.3. The van der Waals surface area contributed by atoms with Crippen LogP contribution in [0.5, 0.6) is 5.75 Å². The van der Waals surface area contributed by atoms with Crippen molar-refractivity contribution >= 4 is 11.8 Å². The zero-order chi connectivity index (χ0) is 21.6. The largest absolute Gasteiger partial charge is 0.491 e. The standard InChI is InChI=1S/C20H19F2N3O5/c1-10-9-30-15-8-24-7-13(17(26)18(29-2)16(24)20(28)25(10)15)19(27)23-6-11-3-4-12(21)5-14(11)22/h3-5,7,10,15H,6,8-9H2,1-2H3,(H,23,27)/t10-,15?/m1/s1. The van der Waals surface area contributed by atoms with Gasteiger partial charge in [-0.05, 0) is 13.0 Å². The van der Waals surface area contributed by atoms with E-state index in [1.807, 2.05) is 6.92 Å². The number of ether oxygens (including phenoxy) is 2. The highest BCUT2D eigenvalue weighted by Crippen LogP contribution is 2.29. The Morgan fingerprint density at radius 3 is 2.80 bits per heavy atom.